The van der Waals surface area contributed by atoms with E-state index in [1.807, 2.05) is 20.8 Å². The van der Waals surface area contributed by atoms with Crippen molar-refractivity contribution < 1.29 is 9.84 Å². The zero-order valence-corrected chi connectivity index (χ0v) is 10.7. The van der Waals surface area contributed by atoms with E-state index in [9.17, 15) is 5.11 Å². The number of aliphatic hydroxyl groups is 1. The van der Waals surface area contributed by atoms with Crippen LogP contribution in [0.1, 0.15) is 52.9 Å². The summed E-state index contributed by atoms with van der Waals surface area (Å²) in [5, 5.41) is 12.7. The maximum Gasteiger partial charge on any atom is 0.214 e. The summed E-state index contributed by atoms with van der Waals surface area (Å²) < 4.78 is 5.56. The summed E-state index contributed by atoms with van der Waals surface area (Å²) in [6, 6.07) is 0. The predicted molar refractivity (Wildman–Crippen MR) is 66.0 cm³/mol. The Morgan fingerprint density at radius 1 is 1.31 bits per heavy atom. The molecule has 3 heteroatoms. The van der Waals surface area contributed by atoms with Gasteiger partial charge in [-0.25, -0.2) is 0 Å². The molecule has 2 unspecified atom stereocenters. The highest BCUT2D eigenvalue weighted by atomic mass is 16.6. The van der Waals surface area contributed by atoms with Crippen LogP contribution >= 0.6 is 0 Å². The van der Waals surface area contributed by atoms with E-state index < -0.39 is 6.41 Å². The Balaban J connectivity index is 2.36. The molecule has 0 heterocycles. The minimum Gasteiger partial charge on any atom is -0.356 e. The lowest BCUT2D eigenvalue weighted by molar-refractivity contribution is -0.153. The fraction of sp³-hybridized carbons (Fsp3) is 0.846. The molecule has 2 atom stereocenters. The van der Waals surface area contributed by atoms with E-state index in [4.69, 9.17) is 4.74 Å². The van der Waals surface area contributed by atoms with Crippen molar-refractivity contribution in [2.45, 2.75) is 70.9 Å². The molecule has 1 aliphatic carbocycles. The molecule has 2 N–H and O–H groups in total. The molecule has 0 bridgehead atoms. The van der Waals surface area contributed by atoms with Crippen molar-refractivity contribution in [1.82, 2.24) is 5.32 Å². The van der Waals surface area contributed by atoms with E-state index in [0.29, 0.717) is 0 Å². The fourth-order valence-corrected chi connectivity index (χ4v) is 1.81. The second-order valence-electron chi connectivity index (χ2n) is 5.49. The van der Waals surface area contributed by atoms with Crippen LogP contribution in [0.25, 0.3) is 0 Å². The quantitative estimate of drug-likeness (QED) is 0.575. The third-order valence-corrected chi connectivity index (χ3v) is 2.57. The highest BCUT2D eigenvalue weighted by molar-refractivity contribution is 4.91. The van der Waals surface area contributed by atoms with Gasteiger partial charge in [0.1, 0.15) is 0 Å². The zero-order valence-electron chi connectivity index (χ0n) is 10.7. The smallest absolute Gasteiger partial charge is 0.214 e. The molecule has 0 aromatic rings. The molecule has 0 amide bonds. The molecule has 3 nitrogen and oxygen atoms in total. The van der Waals surface area contributed by atoms with E-state index in [-0.39, 0.29) is 11.6 Å². The highest BCUT2D eigenvalue weighted by Gasteiger charge is 2.18. The third kappa shape index (κ3) is 6.26. The van der Waals surface area contributed by atoms with Gasteiger partial charge in [-0.3, -0.25) is 5.32 Å². The van der Waals surface area contributed by atoms with E-state index >= 15 is 0 Å². The molecule has 1 rings (SSSR count). The Morgan fingerprint density at radius 3 is 2.75 bits per heavy atom. The molecule has 0 saturated carbocycles. The molecule has 94 valence electrons. The Labute approximate surface area is 98.9 Å². The van der Waals surface area contributed by atoms with E-state index in [0.717, 1.165) is 12.8 Å². The van der Waals surface area contributed by atoms with Crippen molar-refractivity contribution in [1.29, 1.82) is 0 Å². The van der Waals surface area contributed by atoms with Crippen LogP contribution in [-0.2, 0) is 4.74 Å². The predicted octanol–water partition coefficient (Wildman–Crippen LogP) is 2.56. The van der Waals surface area contributed by atoms with Crippen LogP contribution in [0.2, 0.25) is 0 Å². The topological polar surface area (TPSA) is 41.5 Å². The number of hydrogen-bond acceptors (Lipinski definition) is 3. The van der Waals surface area contributed by atoms with Gasteiger partial charge < -0.3 is 9.84 Å². The van der Waals surface area contributed by atoms with Crippen LogP contribution in [0, 0.1) is 0 Å². The molecule has 1 aliphatic rings. The molecule has 0 saturated heterocycles. The van der Waals surface area contributed by atoms with E-state index in [1.54, 1.807) is 0 Å². The monoisotopic (exact) mass is 227 g/mol. The summed E-state index contributed by atoms with van der Waals surface area (Å²) in [6.45, 7) is 6.02. The van der Waals surface area contributed by atoms with Crippen molar-refractivity contribution in [2.24, 2.45) is 0 Å². The standard InChI is InChI=1S/C13H25NO2/c1-13(2,3)14-12(15)16-11-9-7-5-4-6-8-10-11/h7,9,11-12,14-15H,4-6,8,10H2,1-3H3/b9-7+. The van der Waals surface area contributed by atoms with Crippen LogP contribution in [0.3, 0.4) is 0 Å². The first-order valence-corrected chi connectivity index (χ1v) is 6.25. The maximum absolute atomic E-state index is 9.73. The Hall–Kier alpha value is -0.380. The largest absolute Gasteiger partial charge is 0.356 e. The number of nitrogens with one attached hydrogen (secondary N) is 1. The van der Waals surface area contributed by atoms with Crippen molar-refractivity contribution in [3.8, 4) is 0 Å². The Morgan fingerprint density at radius 2 is 2.06 bits per heavy atom. The van der Waals surface area contributed by atoms with Crippen LogP contribution < -0.4 is 5.32 Å². The molecule has 0 aromatic carbocycles. The lowest BCUT2D eigenvalue weighted by Gasteiger charge is -2.27. The lowest BCUT2D eigenvalue weighted by atomic mass is 10.0. The second-order valence-corrected chi connectivity index (χ2v) is 5.49. The molecule has 0 aliphatic heterocycles. The van der Waals surface area contributed by atoms with Crippen LogP contribution in [0.4, 0.5) is 0 Å². The molecule has 16 heavy (non-hydrogen) atoms. The first kappa shape index (κ1) is 13.7. The zero-order chi connectivity index (χ0) is 12.0. The van der Waals surface area contributed by atoms with Gasteiger partial charge in [-0.15, -0.1) is 0 Å². The van der Waals surface area contributed by atoms with Gasteiger partial charge in [0.25, 0.3) is 0 Å². The van der Waals surface area contributed by atoms with Crippen LogP contribution in [0.5, 0.6) is 0 Å². The SMILES string of the molecule is CC(C)(C)NC(O)OC1/C=C/CCCCC1. The molecule has 0 aromatic heterocycles. The summed E-state index contributed by atoms with van der Waals surface area (Å²) in [5.41, 5.74) is -0.134. The fourth-order valence-electron chi connectivity index (χ4n) is 1.81. The Bertz CT molecular complexity index is 220. The van der Waals surface area contributed by atoms with Gasteiger partial charge in [-0.05, 0) is 40.0 Å². The third-order valence-electron chi connectivity index (χ3n) is 2.57. The van der Waals surface area contributed by atoms with Crippen molar-refractivity contribution in [3.05, 3.63) is 12.2 Å². The summed E-state index contributed by atoms with van der Waals surface area (Å²) in [7, 11) is 0. The van der Waals surface area contributed by atoms with Gasteiger partial charge in [0, 0.05) is 5.54 Å². The van der Waals surface area contributed by atoms with Gasteiger partial charge in [0.2, 0.25) is 6.41 Å². The molecule has 0 fully saturated rings. The second kappa shape index (κ2) is 6.38. The lowest BCUT2D eigenvalue weighted by Crippen LogP contribution is -2.46. The van der Waals surface area contributed by atoms with Gasteiger partial charge in [0.15, 0.2) is 0 Å². The molecular weight excluding hydrogens is 202 g/mol. The van der Waals surface area contributed by atoms with Crippen molar-refractivity contribution in [3.63, 3.8) is 0 Å². The number of aliphatic hydroxyl groups excluding tert-OH is 1. The summed E-state index contributed by atoms with van der Waals surface area (Å²) in [5.74, 6) is 0. The maximum atomic E-state index is 9.73. The minimum absolute atomic E-state index is 0.0464. The van der Waals surface area contributed by atoms with Crippen LogP contribution in [0.15, 0.2) is 12.2 Å². The number of ether oxygens (including phenoxy) is 1. The van der Waals surface area contributed by atoms with Crippen molar-refractivity contribution >= 4 is 0 Å². The van der Waals surface area contributed by atoms with E-state index in [1.165, 1.54) is 19.3 Å². The molecule has 0 spiro atoms. The van der Waals surface area contributed by atoms with E-state index in [2.05, 4.69) is 17.5 Å². The summed E-state index contributed by atoms with van der Waals surface area (Å²) >= 11 is 0. The summed E-state index contributed by atoms with van der Waals surface area (Å²) in [4.78, 5) is 0. The highest BCUT2D eigenvalue weighted by Crippen LogP contribution is 2.15. The van der Waals surface area contributed by atoms with Crippen LogP contribution in [-0.4, -0.2) is 23.2 Å². The van der Waals surface area contributed by atoms with Gasteiger partial charge in [0.05, 0.1) is 6.10 Å². The van der Waals surface area contributed by atoms with Gasteiger partial charge in [-0.1, -0.05) is 25.0 Å². The van der Waals surface area contributed by atoms with Gasteiger partial charge in [-0.2, -0.15) is 0 Å². The number of rotatable bonds is 3. The first-order valence-electron chi connectivity index (χ1n) is 6.25. The minimum atomic E-state index is -0.880. The molecule has 0 radical (unpaired) electrons. The normalized spacial score (nSPS) is 26.9. The summed E-state index contributed by atoms with van der Waals surface area (Å²) in [6.07, 6.45) is 9.23. The molecular formula is C13H25NO2. The number of allylic oxidation sites excluding steroid dienone is 1. The Kier molecular flexibility index (Phi) is 5.46. The van der Waals surface area contributed by atoms with Crippen molar-refractivity contribution in [2.75, 3.05) is 0 Å². The number of hydrogen-bond donors (Lipinski definition) is 2. The average Bonchev–Trinajstić information content (AvgIpc) is 2.06. The average molecular weight is 227 g/mol. The first-order chi connectivity index (χ1) is 7.47. The van der Waals surface area contributed by atoms with Gasteiger partial charge >= 0.3 is 0 Å².